The third-order valence-corrected chi connectivity index (χ3v) is 2.26. The molecule has 0 bridgehead atoms. The molecule has 1 aromatic rings. The average Bonchev–Trinajstić information content (AvgIpc) is 2.38. The van der Waals surface area contributed by atoms with Crippen molar-refractivity contribution >= 4 is 17.6 Å². The smallest absolute Gasteiger partial charge is 0.411 e. The SMILES string of the molecule is CC(C)COC(=O)Nc1ccc(CC(N)=NO)cc1. The van der Waals surface area contributed by atoms with Crippen molar-refractivity contribution in [2.75, 3.05) is 11.9 Å². The Morgan fingerprint density at radius 3 is 2.58 bits per heavy atom. The van der Waals surface area contributed by atoms with Crippen molar-refractivity contribution in [1.29, 1.82) is 0 Å². The van der Waals surface area contributed by atoms with Crippen LogP contribution in [0.5, 0.6) is 0 Å². The highest BCUT2D eigenvalue weighted by atomic mass is 16.5. The zero-order valence-electron chi connectivity index (χ0n) is 11.1. The van der Waals surface area contributed by atoms with Crippen molar-refractivity contribution in [1.82, 2.24) is 0 Å². The maximum absolute atomic E-state index is 11.4. The molecule has 0 radical (unpaired) electrons. The number of carbonyl (C=O) groups excluding carboxylic acids is 1. The molecular formula is C13H19N3O3. The summed E-state index contributed by atoms with van der Waals surface area (Å²) in [6.07, 6.45) is -0.118. The fraction of sp³-hybridized carbons (Fsp3) is 0.385. The van der Waals surface area contributed by atoms with Gasteiger partial charge in [0.05, 0.1) is 6.61 Å². The number of nitrogens with zero attached hydrogens (tertiary/aromatic N) is 1. The Balaban J connectivity index is 2.50. The minimum absolute atomic E-state index is 0.136. The van der Waals surface area contributed by atoms with Crippen molar-refractivity contribution < 1.29 is 14.7 Å². The van der Waals surface area contributed by atoms with Gasteiger partial charge in [-0.15, -0.1) is 0 Å². The standard InChI is InChI=1S/C13H19N3O3/c1-9(2)8-19-13(17)15-11-5-3-10(4-6-11)7-12(14)16-18/h3-6,9,18H,7-8H2,1-2H3,(H2,14,16)(H,15,17). The van der Waals surface area contributed by atoms with E-state index in [1.165, 1.54) is 0 Å². The fourth-order valence-corrected chi connectivity index (χ4v) is 1.35. The summed E-state index contributed by atoms with van der Waals surface area (Å²) in [5.74, 6) is 0.436. The first-order chi connectivity index (χ1) is 9.01. The molecule has 19 heavy (non-hydrogen) atoms. The predicted molar refractivity (Wildman–Crippen MR) is 73.4 cm³/mol. The number of anilines is 1. The van der Waals surface area contributed by atoms with Crippen LogP contribution in [0.2, 0.25) is 0 Å². The van der Waals surface area contributed by atoms with Crippen LogP contribution in [-0.2, 0) is 11.2 Å². The van der Waals surface area contributed by atoms with Gasteiger partial charge in [-0.3, -0.25) is 5.32 Å². The number of rotatable bonds is 5. The summed E-state index contributed by atoms with van der Waals surface area (Å²) >= 11 is 0. The number of amides is 1. The molecule has 0 aliphatic heterocycles. The lowest BCUT2D eigenvalue weighted by atomic mass is 10.1. The van der Waals surface area contributed by atoms with Crippen LogP contribution in [-0.4, -0.2) is 23.7 Å². The molecule has 1 amide bonds. The van der Waals surface area contributed by atoms with Gasteiger partial charge in [0.25, 0.3) is 0 Å². The summed E-state index contributed by atoms with van der Waals surface area (Å²) in [4.78, 5) is 11.4. The molecule has 6 nitrogen and oxygen atoms in total. The summed E-state index contributed by atoms with van der Waals surface area (Å²) in [5, 5.41) is 14.0. The Hall–Kier alpha value is -2.24. The van der Waals surface area contributed by atoms with Crippen molar-refractivity contribution in [3.8, 4) is 0 Å². The Kier molecular flexibility index (Phi) is 5.66. The lowest BCUT2D eigenvalue weighted by Crippen LogP contribution is -2.17. The normalized spacial score (nSPS) is 11.4. The molecule has 0 aromatic heterocycles. The number of oxime groups is 1. The zero-order valence-corrected chi connectivity index (χ0v) is 11.1. The molecule has 6 heteroatoms. The molecule has 0 unspecified atom stereocenters. The number of ether oxygens (including phenoxy) is 1. The summed E-state index contributed by atoms with van der Waals surface area (Å²) in [6, 6.07) is 7.04. The number of amidine groups is 1. The van der Waals surface area contributed by atoms with Gasteiger partial charge < -0.3 is 15.7 Å². The van der Waals surface area contributed by atoms with Gasteiger partial charge in [-0.2, -0.15) is 0 Å². The number of nitrogens with one attached hydrogen (secondary N) is 1. The molecule has 0 aliphatic carbocycles. The maximum atomic E-state index is 11.4. The maximum Gasteiger partial charge on any atom is 0.411 e. The van der Waals surface area contributed by atoms with E-state index < -0.39 is 6.09 Å². The van der Waals surface area contributed by atoms with Crippen LogP contribution in [0.4, 0.5) is 10.5 Å². The first-order valence-corrected chi connectivity index (χ1v) is 6.00. The average molecular weight is 265 g/mol. The van der Waals surface area contributed by atoms with Crippen LogP contribution < -0.4 is 11.1 Å². The Labute approximate surface area is 112 Å². The summed E-state index contributed by atoms with van der Waals surface area (Å²) in [5.41, 5.74) is 6.92. The molecule has 0 heterocycles. The fourth-order valence-electron chi connectivity index (χ4n) is 1.35. The second kappa shape index (κ2) is 7.25. The molecule has 1 rings (SSSR count). The minimum atomic E-state index is -0.474. The molecule has 0 aliphatic rings. The van der Waals surface area contributed by atoms with Crippen LogP contribution in [0.3, 0.4) is 0 Å². The van der Waals surface area contributed by atoms with E-state index in [-0.39, 0.29) is 5.84 Å². The minimum Gasteiger partial charge on any atom is -0.449 e. The van der Waals surface area contributed by atoms with E-state index in [0.717, 1.165) is 5.56 Å². The Morgan fingerprint density at radius 1 is 1.42 bits per heavy atom. The van der Waals surface area contributed by atoms with Gasteiger partial charge in [-0.1, -0.05) is 31.1 Å². The van der Waals surface area contributed by atoms with Crippen LogP contribution in [0, 0.1) is 5.92 Å². The van der Waals surface area contributed by atoms with E-state index in [0.29, 0.717) is 24.6 Å². The topological polar surface area (TPSA) is 96.9 Å². The highest BCUT2D eigenvalue weighted by Gasteiger charge is 2.05. The highest BCUT2D eigenvalue weighted by Crippen LogP contribution is 2.10. The molecule has 0 saturated carbocycles. The van der Waals surface area contributed by atoms with Crippen molar-refractivity contribution in [2.45, 2.75) is 20.3 Å². The van der Waals surface area contributed by atoms with E-state index >= 15 is 0 Å². The highest BCUT2D eigenvalue weighted by molar-refractivity contribution is 5.85. The second-order valence-electron chi connectivity index (χ2n) is 4.58. The quantitative estimate of drug-likeness (QED) is 0.329. The Bertz CT molecular complexity index is 441. The number of nitrogens with two attached hydrogens (primary N) is 1. The van der Waals surface area contributed by atoms with E-state index in [1.54, 1.807) is 24.3 Å². The number of benzene rings is 1. The van der Waals surface area contributed by atoms with Crippen LogP contribution in [0.25, 0.3) is 0 Å². The van der Waals surface area contributed by atoms with Gasteiger partial charge in [-0.25, -0.2) is 4.79 Å². The van der Waals surface area contributed by atoms with E-state index in [4.69, 9.17) is 15.7 Å². The molecule has 0 saturated heterocycles. The molecule has 1 aromatic carbocycles. The number of hydrogen-bond donors (Lipinski definition) is 3. The predicted octanol–water partition coefficient (Wildman–Crippen LogP) is 2.18. The molecular weight excluding hydrogens is 246 g/mol. The van der Waals surface area contributed by atoms with E-state index in [1.807, 2.05) is 13.8 Å². The largest absolute Gasteiger partial charge is 0.449 e. The lowest BCUT2D eigenvalue weighted by Gasteiger charge is -2.09. The van der Waals surface area contributed by atoms with Gasteiger partial charge >= 0.3 is 6.09 Å². The molecule has 0 atom stereocenters. The summed E-state index contributed by atoms with van der Waals surface area (Å²) in [7, 11) is 0. The van der Waals surface area contributed by atoms with Gasteiger partial charge in [0.15, 0.2) is 0 Å². The molecule has 104 valence electrons. The van der Waals surface area contributed by atoms with Crippen LogP contribution in [0.15, 0.2) is 29.4 Å². The molecule has 4 N–H and O–H groups in total. The molecule has 0 spiro atoms. The lowest BCUT2D eigenvalue weighted by molar-refractivity contribution is 0.147. The van der Waals surface area contributed by atoms with Crippen LogP contribution in [0.1, 0.15) is 19.4 Å². The second-order valence-corrected chi connectivity index (χ2v) is 4.58. The summed E-state index contributed by atoms with van der Waals surface area (Å²) < 4.78 is 5.00. The van der Waals surface area contributed by atoms with Crippen molar-refractivity contribution in [3.05, 3.63) is 29.8 Å². The van der Waals surface area contributed by atoms with Gasteiger partial charge in [0.1, 0.15) is 5.84 Å². The molecule has 0 fully saturated rings. The van der Waals surface area contributed by atoms with Crippen molar-refractivity contribution in [2.24, 2.45) is 16.8 Å². The third-order valence-electron chi connectivity index (χ3n) is 2.26. The number of carbonyl (C=O) groups is 1. The van der Waals surface area contributed by atoms with Gasteiger partial charge in [0.2, 0.25) is 0 Å². The van der Waals surface area contributed by atoms with E-state index in [2.05, 4.69) is 10.5 Å². The van der Waals surface area contributed by atoms with Crippen molar-refractivity contribution in [3.63, 3.8) is 0 Å². The van der Waals surface area contributed by atoms with Gasteiger partial charge in [-0.05, 0) is 23.6 Å². The van der Waals surface area contributed by atoms with Gasteiger partial charge in [0, 0.05) is 12.1 Å². The first-order valence-electron chi connectivity index (χ1n) is 6.00. The zero-order chi connectivity index (χ0) is 14.3. The monoisotopic (exact) mass is 265 g/mol. The number of hydrogen-bond acceptors (Lipinski definition) is 4. The Morgan fingerprint density at radius 2 is 2.05 bits per heavy atom. The van der Waals surface area contributed by atoms with Crippen LogP contribution >= 0.6 is 0 Å². The summed E-state index contributed by atoms with van der Waals surface area (Å²) in [6.45, 7) is 4.32. The first kappa shape index (κ1) is 14.8. The third kappa shape index (κ3) is 5.76. The van der Waals surface area contributed by atoms with E-state index in [9.17, 15) is 4.79 Å².